The smallest absolute Gasteiger partial charge is 0.287 e. The van der Waals surface area contributed by atoms with Gasteiger partial charge in [-0.25, -0.2) is 5.06 Å². The van der Waals surface area contributed by atoms with Gasteiger partial charge in [-0.15, -0.1) is 11.3 Å². The molecule has 1 atom stereocenters. The first-order valence-electron chi connectivity index (χ1n) is 11.3. The van der Waals surface area contributed by atoms with E-state index in [0.29, 0.717) is 4.88 Å². The maximum absolute atomic E-state index is 12.7. The number of carbonyl (C=O) groups excluding carboxylic acids is 1. The van der Waals surface area contributed by atoms with E-state index in [2.05, 4.69) is 32.0 Å². The lowest BCUT2D eigenvalue weighted by Gasteiger charge is -2.32. The standard InChI is InChI=1S/C26H39NO4S/c1-10-26(11-2,22-15-18(4)23(32-22)24(29)27(8)30-9)19-12-13-20(17(3)14-19)31-16-21(28)25(5,6)7/h12-15,21,28H,10-11,16H2,1-9H3. The van der Waals surface area contributed by atoms with E-state index in [9.17, 15) is 9.90 Å². The number of carbonyl (C=O) groups is 1. The topological polar surface area (TPSA) is 59.0 Å². The highest BCUT2D eigenvalue weighted by molar-refractivity contribution is 7.14. The maximum atomic E-state index is 12.7. The van der Waals surface area contributed by atoms with Crippen molar-refractivity contribution in [2.45, 2.75) is 72.8 Å². The van der Waals surface area contributed by atoms with Crippen LogP contribution in [-0.2, 0) is 10.3 Å². The second-order valence-electron chi connectivity index (χ2n) is 9.57. The molecular formula is C26H39NO4S. The summed E-state index contributed by atoms with van der Waals surface area (Å²) < 4.78 is 5.95. The first-order chi connectivity index (χ1) is 14.9. The Morgan fingerprint density at radius 2 is 1.75 bits per heavy atom. The molecule has 0 radical (unpaired) electrons. The fraction of sp³-hybridized carbons (Fsp3) is 0.577. The van der Waals surface area contributed by atoms with Gasteiger partial charge in [0.25, 0.3) is 5.91 Å². The second-order valence-corrected chi connectivity index (χ2v) is 10.6. The number of nitrogens with zero attached hydrogens (tertiary/aromatic N) is 1. The zero-order valence-electron chi connectivity index (χ0n) is 21.0. The van der Waals surface area contributed by atoms with Crippen molar-refractivity contribution in [3.63, 3.8) is 0 Å². The summed E-state index contributed by atoms with van der Waals surface area (Å²) in [6.07, 6.45) is 1.29. The van der Waals surface area contributed by atoms with E-state index >= 15 is 0 Å². The average Bonchev–Trinajstić information content (AvgIpc) is 3.14. The first-order valence-corrected chi connectivity index (χ1v) is 12.1. The minimum absolute atomic E-state index is 0.125. The Bertz CT molecular complexity index is 924. The van der Waals surface area contributed by atoms with Gasteiger partial charge in [0.2, 0.25) is 0 Å². The van der Waals surface area contributed by atoms with Gasteiger partial charge in [0, 0.05) is 17.3 Å². The Morgan fingerprint density at radius 3 is 2.25 bits per heavy atom. The van der Waals surface area contributed by atoms with E-state index in [1.807, 2.05) is 40.7 Å². The van der Waals surface area contributed by atoms with Gasteiger partial charge in [0.1, 0.15) is 12.4 Å². The molecule has 6 heteroatoms. The van der Waals surface area contributed by atoms with Crippen LogP contribution < -0.4 is 4.74 Å². The van der Waals surface area contributed by atoms with Gasteiger partial charge >= 0.3 is 0 Å². The van der Waals surface area contributed by atoms with Crippen LogP contribution in [0.2, 0.25) is 0 Å². The number of thiophene rings is 1. The molecular weight excluding hydrogens is 422 g/mol. The largest absolute Gasteiger partial charge is 0.491 e. The van der Waals surface area contributed by atoms with Crippen LogP contribution in [0.1, 0.15) is 78.7 Å². The molecule has 2 aromatic rings. The lowest BCUT2D eigenvalue weighted by Crippen LogP contribution is -2.32. The lowest BCUT2D eigenvalue weighted by molar-refractivity contribution is -0.0754. The molecule has 5 nitrogen and oxygen atoms in total. The van der Waals surface area contributed by atoms with Crippen LogP contribution >= 0.6 is 11.3 Å². The molecule has 0 aliphatic carbocycles. The molecule has 1 amide bonds. The number of aliphatic hydroxyl groups excluding tert-OH is 1. The predicted octanol–water partition coefficient (Wildman–Crippen LogP) is 5.89. The van der Waals surface area contributed by atoms with Crippen LogP contribution in [-0.4, -0.2) is 42.9 Å². The van der Waals surface area contributed by atoms with Crippen molar-refractivity contribution in [2.75, 3.05) is 20.8 Å². The van der Waals surface area contributed by atoms with E-state index in [4.69, 9.17) is 9.57 Å². The molecule has 0 aliphatic heterocycles. The molecule has 1 N–H and O–H groups in total. The van der Waals surface area contributed by atoms with E-state index in [0.717, 1.165) is 29.7 Å². The van der Waals surface area contributed by atoms with Gasteiger partial charge in [0.15, 0.2) is 0 Å². The number of aryl methyl sites for hydroxylation is 2. The summed E-state index contributed by atoms with van der Waals surface area (Å²) in [7, 11) is 3.13. The summed E-state index contributed by atoms with van der Waals surface area (Å²) in [6.45, 7) is 14.7. The number of hydroxylamine groups is 2. The summed E-state index contributed by atoms with van der Waals surface area (Å²) in [5, 5.41) is 11.6. The fourth-order valence-corrected chi connectivity index (χ4v) is 5.33. The quantitative estimate of drug-likeness (QED) is 0.473. The van der Waals surface area contributed by atoms with Crippen LogP contribution in [0.25, 0.3) is 0 Å². The van der Waals surface area contributed by atoms with Crippen molar-refractivity contribution >= 4 is 17.2 Å². The summed E-state index contributed by atoms with van der Waals surface area (Å²) in [5.41, 5.74) is 2.81. The molecule has 1 unspecified atom stereocenters. The van der Waals surface area contributed by atoms with Gasteiger partial charge in [-0.05, 0) is 60.9 Å². The average molecular weight is 462 g/mol. The van der Waals surface area contributed by atoms with E-state index in [1.165, 1.54) is 22.6 Å². The highest BCUT2D eigenvalue weighted by Crippen LogP contribution is 2.44. The van der Waals surface area contributed by atoms with Crippen LogP contribution in [0, 0.1) is 19.3 Å². The normalized spacial score (nSPS) is 13.2. The number of amides is 1. The van der Waals surface area contributed by atoms with Gasteiger partial charge in [-0.2, -0.15) is 0 Å². The third kappa shape index (κ3) is 5.36. The second kappa shape index (κ2) is 10.4. The Balaban J connectivity index is 2.40. The van der Waals surface area contributed by atoms with E-state index in [-0.39, 0.29) is 23.3 Å². The third-order valence-electron chi connectivity index (χ3n) is 6.47. The number of rotatable bonds is 9. The number of hydrogen-bond acceptors (Lipinski definition) is 5. The molecule has 1 heterocycles. The molecule has 1 aromatic heterocycles. The Hall–Kier alpha value is -1.89. The molecule has 0 aliphatic rings. The molecule has 0 bridgehead atoms. The van der Waals surface area contributed by atoms with Crippen LogP contribution in [0.5, 0.6) is 5.75 Å². The van der Waals surface area contributed by atoms with Crippen molar-refractivity contribution in [2.24, 2.45) is 5.41 Å². The van der Waals surface area contributed by atoms with Crippen molar-refractivity contribution in [1.82, 2.24) is 5.06 Å². The first kappa shape index (κ1) is 26.4. The number of aliphatic hydroxyl groups is 1. The summed E-state index contributed by atoms with van der Waals surface area (Å²) in [5.74, 6) is 0.665. The van der Waals surface area contributed by atoms with Gasteiger partial charge in [-0.3, -0.25) is 9.63 Å². The van der Waals surface area contributed by atoms with Crippen LogP contribution in [0.3, 0.4) is 0 Å². The van der Waals surface area contributed by atoms with Gasteiger partial charge in [-0.1, -0.05) is 46.8 Å². The fourth-order valence-electron chi connectivity index (χ4n) is 3.83. The Labute approximate surface area is 197 Å². The maximum Gasteiger partial charge on any atom is 0.287 e. The minimum atomic E-state index is -0.540. The molecule has 2 rings (SSSR count). The zero-order valence-corrected chi connectivity index (χ0v) is 21.9. The third-order valence-corrected chi connectivity index (χ3v) is 7.90. The molecule has 0 saturated carbocycles. The lowest BCUT2D eigenvalue weighted by atomic mass is 9.74. The van der Waals surface area contributed by atoms with Crippen LogP contribution in [0.4, 0.5) is 0 Å². The Morgan fingerprint density at radius 1 is 1.12 bits per heavy atom. The van der Waals surface area contributed by atoms with Crippen molar-refractivity contribution in [3.05, 3.63) is 50.7 Å². The van der Waals surface area contributed by atoms with Gasteiger partial charge < -0.3 is 9.84 Å². The minimum Gasteiger partial charge on any atom is -0.491 e. The van der Waals surface area contributed by atoms with Gasteiger partial charge in [0.05, 0.1) is 18.1 Å². The van der Waals surface area contributed by atoms with Crippen LogP contribution in [0.15, 0.2) is 24.3 Å². The molecule has 0 spiro atoms. The van der Waals surface area contributed by atoms with Crippen molar-refractivity contribution in [1.29, 1.82) is 0 Å². The summed E-state index contributed by atoms with van der Waals surface area (Å²) in [6, 6.07) is 8.46. The number of hydrogen-bond donors (Lipinski definition) is 1. The Kier molecular flexibility index (Phi) is 8.54. The molecule has 178 valence electrons. The SMILES string of the molecule is CCC(CC)(c1ccc(OCC(O)C(C)(C)C)c(C)c1)c1cc(C)c(C(=O)N(C)OC)s1. The molecule has 0 fully saturated rings. The van der Waals surface area contributed by atoms with E-state index < -0.39 is 6.10 Å². The molecule has 0 saturated heterocycles. The number of benzene rings is 1. The summed E-state index contributed by atoms with van der Waals surface area (Å²) >= 11 is 1.55. The summed E-state index contributed by atoms with van der Waals surface area (Å²) in [4.78, 5) is 19.7. The van der Waals surface area contributed by atoms with Crippen molar-refractivity contribution < 1.29 is 19.5 Å². The monoisotopic (exact) mass is 461 g/mol. The van der Waals surface area contributed by atoms with E-state index in [1.54, 1.807) is 18.4 Å². The predicted molar refractivity (Wildman–Crippen MR) is 132 cm³/mol. The molecule has 1 aromatic carbocycles. The zero-order chi connectivity index (χ0) is 24.3. The van der Waals surface area contributed by atoms with Crippen molar-refractivity contribution in [3.8, 4) is 5.75 Å². The molecule has 32 heavy (non-hydrogen) atoms. The number of ether oxygens (including phenoxy) is 1. The highest BCUT2D eigenvalue weighted by atomic mass is 32.1. The highest BCUT2D eigenvalue weighted by Gasteiger charge is 2.34.